The van der Waals surface area contributed by atoms with E-state index in [0.717, 1.165) is 36.8 Å². The van der Waals surface area contributed by atoms with E-state index in [4.69, 9.17) is 4.74 Å². The topological polar surface area (TPSA) is 132 Å². The fourth-order valence-corrected chi connectivity index (χ4v) is 5.08. The summed E-state index contributed by atoms with van der Waals surface area (Å²) in [6.07, 6.45) is -6.71. The summed E-state index contributed by atoms with van der Waals surface area (Å²) in [5.41, 5.74) is -4.57. The SMILES string of the molecule is CC(C)C[C@@H](C(=O)N1C[C@@]2(C[C@H]1C#N)Oc1cc(F)cc(F)c1NC2=O)N(C)C(=O)[C@H](CC(C)(C)F)NC(=O)C(F)(F)F. The van der Waals surface area contributed by atoms with Crippen LogP contribution in [0.4, 0.5) is 32.0 Å². The molecule has 2 N–H and O–H groups in total. The lowest BCUT2D eigenvalue weighted by atomic mass is 9.97. The van der Waals surface area contributed by atoms with E-state index in [2.05, 4.69) is 5.32 Å². The molecular formula is C27H31F6N5O5. The Bertz CT molecular complexity index is 1340. The number of nitriles is 1. The predicted molar refractivity (Wildman–Crippen MR) is 138 cm³/mol. The summed E-state index contributed by atoms with van der Waals surface area (Å²) in [6.45, 7) is 4.77. The highest BCUT2D eigenvalue weighted by atomic mass is 19.4. The van der Waals surface area contributed by atoms with Crippen molar-refractivity contribution in [2.75, 3.05) is 18.9 Å². The summed E-state index contributed by atoms with van der Waals surface area (Å²) < 4.78 is 87.3. The van der Waals surface area contributed by atoms with Crippen molar-refractivity contribution < 1.29 is 50.3 Å². The van der Waals surface area contributed by atoms with E-state index in [1.165, 1.54) is 5.32 Å². The van der Waals surface area contributed by atoms with Gasteiger partial charge >= 0.3 is 12.1 Å². The van der Waals surface area contributed by atoms with Crippen molar-refractivity contribution in [3.05, 3.63) is 23.8 Å². The maximum absolute atomic E-state index is 14.5. The van der Waals surface area contributed by atoms with Crippen molar-refractivity contribution in [3.63, 3.8) is 0 Å². The molecule has 0 aromatic heterocycles. The van der Waals surface area contributed by atoms with Crippen molar-refractivity contribution in [2.24, 2.45) is 5.92 Å². The summed E-state index contributed by atoms with van der Waals surface area (Å²) in [5, 5.41) is 13.6. The number of ether oxygens (including phenoxy) is 1. The maximum atomic E-state index is 14.5. The number of carbonyl (C=O) groups is 4. The molecule has 43 heavy (non-hydrogen) atoms. The minimum absolute atomic E-state index is 0.0754. The number of carbonyl (C=O) groups excluding carboxylic acids is 4. The molecule has 0 saturated carbocycles. The van der Waals surface area contributed by atoms with Crippen LogP contribution in [0, 0.1) is 28.9 Å². The van der Waals surface area contributed by atoms with Gasteiger partial charge in [-0.25, -0.2) is 13.2 Å². The number of alkyl halides is 4. The van der Waals surface area contributed by atoms with Gasteiger partial charge in [0.1, 0.15) is 35.3 Å². The van der Waals surface area contributed by atoms with Crippen LogP contribution in [0.5, 0.6) is 5.75 Å². The Labute approximate surface area is 243 Å². The number of nitrogens with one attached hydrogen (secondary N) is 2. The number of likely N-dealkylation sites (N-methyl/N-ethyl adjacent to an activating group) is 1. The normalized spacial score (nSPS) is 21.4. The van der Waals surface area contributed by atoms with Gasteiger partial charge in [0.05, 0.1) is 12.6 Å². The van der Waals surface area contributed by atoms with Crippen LogP contribution < -0.4 is 15.4 Å². The van der Waals surface area contributed by atoms with E-state index in [1.54, 1.807) is 13.8 Å². The Balaban J connectivity index is 1.94. The number of rotatable bonds is 8. The van der Waals surface area contributed by atoms with Crippen molar-refractivity contribution >= 4 is 29.3 Å². The standard InChI is InChI=1S/C27H31F6N5O5/c1-13(2)6-18(37(5)21(39)17(10-25(3,4)30)35-24(42)27(31,32)33)22(40)38-12-26(9-15(38)11-34)23(41)36-20-16(29)7-14(28)8-19(20)43-26/h7-8,13,15,17-18H,6,9-10,12H2,1-5H3,(H,35,42)(H,36,41)/t15-,17-,18-,26+/m0/s1. The zero-order valence-electron chi connectivity index (χ0n) is 23.9. The molecule has 2 heterocycles. The van der Waals surface area contributed by atoms with Crippen LogP contribution in [0.3, 0.4) is 0 Å². The van der Waals surface area contributed by atoms with Crippen molar-refractivity contribution in [1.82, 2.24) is 15.1 Å². The maximum Gasteiger partial charge on any atom is 0.471 e. The number of nitrogens with zero attached hydrogens (tertiary/aromatic N) is 3. The van der Waals surface area contributed by atoms with Gasteiger partial charge in [0, 0.05) is 32.0 Å². The molecule has 1 fully saturated rings. The summed E-state index contributed by atoms with van der Waals surface area (Å²) in [7, 11) is 1.09. The fraction of sp³-hybridized carbons (Fsp3) is 0.593. The van der Waals surface area contributed by atoms with Crippen molar-refractivity contribution in [2.45, 2.75) is 82.5 Å². The number of anilines is 1. The summed E-state index contributed by atoms with van der Waals surface area (Å²) in [6, 6.07) is -1.54. The minimum Gasteiger partial charge on any atom is -0.473 e. The molecule has 236 valence electrons. The molecule has 16 heteroatoms. The minimum atomic E-state index is -5.38. The largest absolute Gasteiger partial charge is 0.473 e. The molecule has 1 spiro atoms. The summed E-state index contributed by atoms with van der Waals surface area (Å²) in [4.78, 5) is 53.7. The number of fused-ring (bicyclic) bond motifs is 1. The van der Waals surface area contributed by atoms with E-state index in [1.807, 2.05) is 6.07 Å². The van der Waals surface area contributed by atoms with Crippen LogP contribution >= 0.6 is 0 Å². The third kappa shape index (κ3) is 7.31. The van der Waals surface area contributed by atoms with Gasteiger partial charge in [0.2, 0.25) is 17.4 Å². The molecule has 0 unspecified atom stereocenters. The molecule has 3 rings (SSSR count). The monoisotopic (exact) mass is 619 g/mol. The number of hydrogen-bond acceptors (Lipinski definition) is 6. The highest BCUT2D eigenvalue weighted by molar-refractivity contribution is 6.02. The quantitative estimate of drug-likeness (QED) is 0.430. The predicted octanol–water partition coefficient (Wildman–Crippen LogP) is 3.22. The van der Waals surface area contributed by atoms with E-state index in [0.29, 0.717) is 6.07 Å². The highest BCUT2D eigenvalue weighted by Gasteiger charge is 2.57. The molecule has 4 atom stereocenters. The molecule has 0 aliphatic carbocycles. The van der Waals surface area contributed by atoms with Gasteiger partial charge in [0.15, 0.2) is 11.6 Å². The molecule has 1 saturated heterocycles. The zero-order chi connectivity index (χ0) is 32.7. The van der Waals surface area contributed by atoms with Gasteiger partial charge in [0.25, 0.3) is 5.91 Å². The van der Waals surface area contributed by atoms with Gasteiger partial charge < -0.3 is 25.2 Å². The van der Waals surface area contributed by atoms with Gasteiger partial charge in [-0.05, 0) is 26.2 Å². The number of hydrogen-bond donors (Lipinski definition) is 2. The Morgan fingerprint density at radius 2 is 1.86 bits per heavy atom. The first-order chi connectivity index (χ1) is 19.7. The lowest BCUT2D eigenvalue weighted by molar-refractivity contribution is -0.175. The number of amides is 4. The lowest BCUT2D eigenvalue weighted by Gasteiger charge is -2.37. The van der Waals surface area contributed by atoms with Gasteiger partial charge in [-0.15, -0.1) is 0 Å². The second kappa shape index (κ2) is 11.9. The van der Waals surface area contributed by atoms with Crippen molar-refractivity contribution in [1.29, 1.82) is 5.26 Å². The smallest absolute Gasteiger partial charge is 0.471 e. The van der Waals surface area contributed by atoms with E-state index >= 15 is 0 Å². The fourth-order valence-electron chi connectivity index (χ4n) is 5.08. The Morgan fingerprint density at radius 1 is 1.23 bits per heavy atom. The first-order valence-electron chi connectivity index (χ1n) is 13.2. The van der Waals surface area contributed by atoms with E-state index in [-0.39, 0.29) is 18.1 Å². The second-order valence-electron chi connectivity index (χ2n) is 11.7. The van der Waals surface area contributed by atoms with Crippen molar-refractivity contribution in [3.8, 4) is 11.8 Å². The van der Waals surface area contributed by atoms with Crippen LogP contribution in [0.1, 0.15) is 47.0 Å². The average Bonchev–Trinajstić information content (AvgIpc) is 3.24. The number of benzene rings is 1. The van der Waals surface area contributed by atoms with Gasteiger partial charge in [-0.2, -0.15) is 18.4 Å². The van der Waals surface area contributed by atoms with E-state index < -0.39 is 95.9 Å². The van der Waals surface area contributed by atoms with Crippen LogP contribution in [-0.2, 0) is 19.2 Å². The van der Waals surface area contributed by atoms with Gasteiger partial charge in [-0.3, -0.25) is 19.2 Å². The number of halogens is 6. The summed E-state index contributed by atoms with van der Waals surface area (Å²) in [5.74, 6) is -8.26. The Morgan fingerprint density at radius 3 is 2.40 bits per heavy atom. The third-order valence-corrected chi connectivity index (χ3v) is 7.08. The second-order valence-corrected chi connectivity index (χ2v) is 11.7. The van der Waals surface area contributed by atoms with Crippen LogP contribution in [0.25, 0.3) is 0 Å². The van der Waals surface area contributed by atoms with Crippen LogP contribution in [0.15, 0.2) is 12.1 Å². The average molecular weight is 620 g/mol. The number of likely N-dealkylation sites (tertiary alicyclic amines) is 1. The highest BCUT2D eigenvalue weighted by Crippen LogP contribution is 2.42. The molecule has 2 aliphatic rings. The Hall–Kier alpha value is -4.03. The molecule has 0 radical (unpaired) electrons. The molecule has 1 aromatic carbocycles. The summed E-state index contributed by atoms with van der Waals surface area (Å²) >= 11 is 0. The van der Waals surface area contributed by atoms with Crippen LogP contribution in [-0.4, -0.2) is 82.6 Å². The molecular weight excluding hydrogens is 588 g/mol. The molecule has 10 nitrogen and oxygen atoms in total. The first kappa shape index (κ1) is 33.5. The molecule has 0 bridgehead atoms. The Kier molecular flexibility index (Phi) is 9.28. The molecule has 1 aromatic rings. The zero-order valence-corrected chi connectivity index (χ0v) is 23.9. The first-order valence-corrected chi connectivity index (χ1v) is 13.2. The third-order valence-electron chi connectivity index (χ3n) is 7.08. The van der Waals surface area contributed by atoms with Crippen LogP contribution in [0.2, 0.25) is 0 Å². The molecule has 2 aliphatic heterocycles. The van der Waals surface area contributed by atoms with E-state index in [9.17, 15) is 50.8 Å². The van der Waals surface area contributed by atoms with Gasteiger partial charge in [-0.1, -0.05) is 13.8 Å². The lowest BCUT2D eigenvalue weighted by Crippen LogP contribution is -2.58. The molecule has 4 amide bonds.